The van der Waals surface area contributed by atoms with Gasteiger partial charge in [0.25, 0.3) is 5.91 Å². The fraction of sp³-hybridized carbons (Fsp3) is 0.0556. The second-order valence-corrected chi connectivity index (χ2v) is 7.95. The molecule has 3 N–H and O–H groups in total. The third-order valence-electron chi connectivity index (χ3n) is 3.71. The minimum atomic E-state index is -3.85. The van der Waals surface area contributed by atoms with Crippen molar-refractivity contribution in [1.82, 2.24) is 0 Å². The number of hydrogen-bond acceptors (Lipinski definition) is 4. The van der Waals surface area contributed by atoms with Crippen LogP contribution in [0.3, 0.4) is 0 Å². The molecule has 0 saturated heterocycles. The summed E-state index contributed by atoms with van der Waals surface area (Å²) >= 11 is 1.33. The van der Waals surface area contributed by atoms with E-state index in [9.17, 15) is 13.2 Å². The topological polar surface area (TPSA) is 89.3 Å². The van der Waals surface area contributed by atoms with Gasteiger partial charge in [0.15, 0.2) is 0 Å². The van der Waals surface area contributed by atoms with E-state index in [-0.39, 0.29) is 10.8 Å². The number of hydrogen-bond donors (Lipinski definition) is 2. The highest BCUT2D eigenvalue weighted by atomic mass is 32.2. The maximum absolute atomic E-state index is 12.6. The van der Waals surface area contributed by atoms with Crippen LogP contribution >= 0.6 is 11.3 Å². The first-order valence-electron chi connectivity index (χ1n) is 7.44. The molecule has 0 bridgehead atoms. The molecule has 25 heavy (non-hydrogen) atoms. The molecule has 5 nitrogen and oxygen atoms in total. The number of sulfonamides is 1. The molecule has 1 heterocycles. The first-order chi connectivity index (χ1) is 11.9. The summed E-state index contributed by atoms with van der Waals surface area (Å²) in [7, 11) is -3.85. The van der Waals surface area contributed by atoms with Crippen LogP contribution < -0.4 is 10.5 Å². The summed E-state index contributed by atoms with van der Waals surface area (Å²) in [6.07, 6.45) is 0. The summed E-state index contributed by atoms with van der Waals surface area (Å²) in [4.78, 5) is 13.2. The van der Waals surface area contributed by atoms with Crippen LogP contribution in [0.15, 0.2) is 64.9 Å². The third kappa shape index (κ3) is 3.79. The Morgan fingerprint density at radius 3 is 2.48 bits per heavy atom. The Morgan fingerprint density at radius 1 is 1.08 bits per heavy atom. The van der Waals surface area contributed by atoms with Gasteiger partial charge in [0, 0.05) is 11.3 Å². The molecule has 3 aromatic rings. The predicted molar refractivity (Wildman–Crippen MR) is 100 cm³/mol. The molecule has 0 aliphatic carbocycles. The first-order valence-corrected chi connectivity index (χ1v) is 9.86. The van der Waals surface area contributed by atoms with Crippen molar-refractivity contribution in [2.75, 3.05) is 5.32 Å². The summed E-state index contributed by atoms with van der Waals surface area (Å²) < 4.78 is 23.3. The average Bonchev–Trinajstić information content (AvgIpc) is 3.06. The van der Waals surface area contributed by atoms with Gasteiger partial charge >= 0.3 is 0 Å². The van der Waals surface area contributed by atoms with Crippen LogP contribution in [0.25, 0.3) is 11.1 Å². The smallest absolute Gasteiger partial charge is 0.266 e. The van der Waals surface area contributed by atoms with Gasteiger partial charge in [0.05, 0.1) is 9.77 Å². The highest BCUT2D eigenvalue weighted by Crippen LogP contribution is 2.29. The number of nitrogens with one attached hydrogen (secondary N) is 1. The highest BCUT2D eigenvalue weighted by Gasteiger charge is 2.17. The summed E-state index contributed by atoms with van der Waals surface area (Å²) in [6.45, 7) is 1.65. The van der Waals surface area contributed by atoms with E-state index in [0.717, 1.165) is 11.1 Å². The fourth-order valence-electron chi connectivity index (χ4n) is 2.50. The van der Waals surface area contributed by atoms with Crippen LogP contribution in [0.4, 0.5) is 5.69 Å². The molecular weight excluding hydrogens is 356 g/mol. The molecule has 128 valence electrons. The zero-order valence-corrected chi connectivity index (χ0v) is 15.0. The second-order valence-electron chi connectivity index (χ2n) is 5.51. The Morgan fingerprint density at radius 2 is 1.80 bits per heavy atom. The van der Waals surface area contributed by atoms with E-state index in [1.165, 1.54) is 17.4 Å². The number of amides is 1. The Balaban J connectivity index is 1.91. The van der Waals surface area contributed by atoms with E-state index in [0.29, 0.717) is 16.1 Å². The van der Waals surface area contributed by atoms with E-state index in [1.54, 1.807) is 19.1 Å². The monoisotopic (exact) mass is 372 g/mol. The molecule has 0 radical (unpaired) electrons. The van der Waals surface area contributed by atoms with Gasteiger partial charge in [-0.2, -0.15) is 0 Å². The van der Waals surface area contributed by atoms with Crippen LogP contribution in [-0.4, -0.2) is 14.3 Å². The van der Waals surface area contributed by atoms with Crippen molar-refractivity contribution in [2.24, 2.45) is 5.14 Å². The number of rotatable bonds is 4. The van der Waals surface area contributed by atoms with Crippen molar-refractivity contribution >= 4 is 33.0 Å². The number of benzene rings is 2. The van der Waals surface area contributed by atoms with Gasteiger partial charge < -0.3 is 5.32 Å². The van der Waals surface area contributed by atoms with Crippen molar-refractivity contribution in [1.29, 1.82) is 0 Å². The largest absolute Gasteiger partial charge is 0.321 e. The Hall–Kier alpha value is -2.48. The summed E-state index contributed by atoms with van der Waals surface area (Å²) in [5.74, 6) is -0.293. The van der Waals surface area contributed by atoms with Gasteiger partial charge in [0.1, 0.15) is 0 Å². The van der Waals surface area contributed by atoms with Crippen molar-refractivity contribution < 1.29 is 13.2 Å². The summed E-state index contributed by atoms with van der Waals surface area (Å²) in [5.41, 5.74) is 2.69. The first kappa shape index (κ1) is 17.3. The molecular formula is C18H16N2O3S2. The molecule has 2 aromatic carbocycles. The van der Waals surface area contributed by atoms with Crippen LogP contribution in [0.5, 0.6) is 0 Å². The van der Waals surface area contributed by atoms with E-state index in [1.807, 2.05) is 41.8 Å². The number of anilines is 1. The molecule has 0 aliphatic heterocycles. The van der Waals surface area contributed by atoms with Gasteiger partial charge in [0.2, 0.25) is 10.0 Å². The lowest BCUT2D eigenvalue weighted by Gasteiger charge is -2.09. The minimum Gasteiger partial charge on any atom is -0.321 e. The van der Waals surface area contributed by atoms with E-state index < -0.39 is 10.0 Å². The number of carbonyl (C=O) groups excluding carboxylic acids is 1. The maximum Gasteiger partial charge on any atom is 0.266 e. The van der Waals surface area contributed by atoms with E-state index >= 15 is 0 Å². The van der Waals surface area contributed by atoms with E-state index in [4.69, 9.17) is 5.14 Å². The number of thiophene rings is 1. The third-order valence-corrected chi connectivity index (χ3v) is 5.67. The lowest BCUT2D eigenvalue weighted by atomic mass is 10.1. The molecule has 1 amide bonds. The molecule has 3 rings (SSSR count). The number of carbonyl (C=O) groups is 1. The van der Waals surface area contributed by atoms with Crippen LogP contribution in [0, 0.1) is 6.92 Å². The van der Waals surface area contributed by atoms with Gasteiger partial charge in [-0.25, -0.2) is 13.6 Å². The molecule has 0 spiro atoms. The molecule has 0 saturated carbocycles. The Kier molecular flexibility index (Phi) is 4.71. The van der Waals surface area contributed by atoms with Gasteiger partial charge in [-0.15, -0.1) is 11.3 Å². The highest BCUT2D eigenvalue weighted by molar-refractivity contribution is 7.89. The summed E-state index contributed by atoms with van der Waals surface area (Å²) in [5, 5.41) is 9.81. The molecule has 7 heteroatoms. The van der Waals surface area contributed by atoms with Gasteiger partial charge in [-0.05, 0) is 41.6 Å². The van der Waals surface area contributed by atoms with Crippen LogP contribution in [0.1, 0.15) is 15.2 Å². The van der Waals surface area contributed by atoms with Crippen LogP contribution in [-0.2, 0) is 10.0 Å². The Labute approximate surface area is 150 Å². The van der Waals surface area contributed by atoms with E-state index in [2.05, 4.69) is 5.32 Å². The van der Waals surface area contributed by atoms with Crippen molar-refractivity contribution in [2.45, 2.75) is 11.8 Å². The average molecular weight is 372 g/mol. The summed E-state index contributed by atoms with van der Waals surface area (Å²) in [6, 6.07) is 16.1. The number of aryl methyl sites for hydroxylation is 1. The molecule has 0 fully saturated rings. The number of nitrogens with two attached hydrogens (primary N) is 1. The lowest BCUT2D eigenvalue weighted by Crippen LogP contribution is -2.15. The zero-order chi connectivity index (χ0) is 18.0. The second kappa shape index (κ2) is 6.79. The lowest BCUT2D eigenvalue weighted by molar-refractivity contribution is 0.103. The quantitative estimate of drug-likeness (QED) is 0.733. The molecule has 0 unspecified atom stereocenters. The van der Waals surface area contributed by atoms with Crippen molar-refractivity contribution in [3.63, 3.8) is 0 Å². The SMILES string of the molecule is Cc1ccc(NC(=O)c2sccc2-c2ccccc2)cc1S(N)(=O)=O. The maximum atomic E-state index is 12.6. The standard InChI is InChI=1S/C18H16N2O3S2/c1-12-7-8-14(11-16(12)25(19,22)23)20-18(21)17-15(9-10-24-17)13-5-3-2-4-6-13/h2-11H,1H3,(H,20,21)(H2,19,22,23). The zero-order valence-electron chi connectivity index (χ0n) is 13.4. The van der Waals surface area contributed by atoms with Crippen molar-refractivity contribution in [3.8, 4) is 11.1 Å². The predicted octanol–water partition coefficient (Wildman–Crippen LogP) is 3.62. The molecule has 0 atom stereocenters. The van der Waals surface area contributed by atoms with Gasteiger partial charge in [-0.1, -0.05) is 36.4 Å². The van der Waals surface area contributed by atoms with Crippen LogP contribution in [0.2, 0.25) is 0 Å². The number of primary sulfonamides is 1. The molecule has 1 aromatic heterocycles. The Bertz CT molecular complexity index is 1030. The van der Waals surface area contributed by atoms with Crippen molar-refractivity contribution in [3.05, 3.63) is 70.4 Å². The fourth-order valence-corrected chi connectivity index (χ4v) is 4.12. The normalized spacial score (nSPS) is 11.3. The minimum absolute atomic E-state index is 0.000220. The molecule has 0 aliphatic rings. The van der Waals surface area contributed by atoms with Gasteiger partial charge in [-0.3, -0.25) is 4.79 Å².